The molecule has 0 unspecified atom stereocenters. The topological polar surface area (TPSA) is 0 Å². The van der Waals surface area contributed by atoms with E-state index in [1.807, 2.05) is 0 Å². The van der Waals surface area contributed by atoms with E-state index < -0.39 is 0 Å². The molecule has 0 bridgehead atoms. The number of aryl methyl sites for hydroxylation is 3. The molecule has 0 saturated carbocycles. The quantitative estimate of drug-likeness (QED) is 0.600. The normalized spacial score (nSPS) is 15.5. The van der Waals surface area contributed by atoms with Crippen LogP contribution in [-0.4, -0.2) is 0 Å². The monoisotopic (exact) mass is 194 g/mol. The Morgan fingerprint density at radius 3 is 2.38 bits per heavy atom. The molecule has 1 aliphatic carbocycles. The van der Waals surface area contributed by atoms with E-state index in [-0.39, 0.29) is 0 Å². The van der Waals surface area contributed by atoms with Gasteiger partial charge in [0.2, 0.25) is 0 Å². The molecule has 13 heavy (non-hydrogen) atoms. The van der Waals surface area contributed by atoms with Crippen LogP contribution in [0.15, 0.2) is 12.1 Å². The standard InChI is InChI=1S/C12H15Cl/c1-9-6-10-4-2-3-5-11(10)7-12(9)8-13/h6-7H,2-5,8H2,1H3. The van der Waals surface area contributed by atoms with Crippen molar-refractivity contribution >= 4 is 11.6 Å². The zero-order valence-electron chi connectivity index (χ0n) is 8.07. The predicted molar refractivity (Wildman–Crippen MR) is 57.4 cm³/mol. The Labute approximate surface area is 84.9 Å². The summed E-state index contributed by atoms with van der Waals surface area (Å²) in [5, 5.41) is 0. The van der Waals surface area contributed by atoms with Crippen LogP contribution < -0.4 is 0 Å². The third-order valence-electron chi connectivity index (χ3n) is 2.94. The summed E-state index contributed by atoms with van der Waals surface area (Å²) in [6, 6.07) is 4.63. The van der Waals surface area contributed by atoms with E-state index >= 15 is 0 Å². The number of benzene rings is 1. The summed E-state index contributed by atoms with van der Waals surface area (Å²) in [6.45, 7) is 2.16. The van der Waals surface area contributed by atoms with Crippen LogP contribution in [-0.2, 0) is 18.7 Å². The molecule has 0 heterocycles. The van der Waals surface area contributed by atoms with Crippen LogP contribution in [0, 0.1) is 6.92 Å². The summed E-state index contributed by atoms with van der Waals surface area (Å²) < 4.78 is 0. The van der Waals surface area contributed by atoms with Crippen LogP contribution in [0.4, 0.5) is 0 Å². The molecule has 0 saturated heterocycles. The minimum Gasteiger partial charge on any atom is -0.122 e. The van der Waals surface area contributed by atoms with E-state index in [9.17, 15) is 0 Å². The van der Waals surface area contributed by atoms with Crippen LogP contribution in [0.25, 0.3) is 0 Å². The second-order valence-electron chi connectivity index (χ2n) is 3.89. The second-order valence-corrected chi connectivity index (χ2v) is 4.16. The van der Waals surface area contributed by atoms with Gasteiger partial charge in [0, 0.05) is 5.88 Å². The lowest BCUT2D eigenvalue weighted by Gasteiger charge is -2.17. The van der Waals surface area contributed by atoms with Gasteiger partial charge in [-0.05, 0) is 54.9 Å². The average molecular weight is 195 g/mol. The van der Waals surface area contributed by atoms with Crippen LogP contribution >= 0.6 is 11.6 Å². The van der Waals surface area contributed by atoms with Gasteiger partial charge in [-0.25, -0.2) is 0 Å². The van der Waals surface area contributed by atoms with Crippen molar-refractivity contribution in [2.45, 2.75) is 38.5 Å². The summed E-state index contributed by atoms with van der Waals surface area (Å²) >= 11 is 5.87. The molecule has 0 atom stereocenters. The third-order valence-corrected chi connectivity index (χ3v) is 3.23. The molecular weight excluding hydrogens is 180 g/mol. The number of alkyl halides is 1. The van der Waals surface area contributed by atoms with Gasteiger partial charge in [0.1, 0.15) is 0 Å². The Morgan fingerprint density at radius 2 is 1.77 bits per heavy atom. The lowest BCUT2D eigenvalue weighted by atomic mass is 9.89. The first-order chi connectivity index (χ1) is 6.31. The van der Waals surface area contributed by atoms with Crippen molar-refractivity contribution in [1.29, 1.82) is 0 Å². The summed E-state index contributed by atoms with van der Waals surface area (Å²) in [5.41, 5.74) is 5.75. The number of hydrogen-bond donors (Lipinski definition) is 0. The number of fused-ring (bicyclic) bond motifs is 1. The molecule has 1 aliphatic rings. The molecule has 2 rings (SSSR count). The average Bonchev–Trinajstić information content (AvgIpc) is 2.17. The zero-order valence-corrected chi connectivity index (χ0v) is 8.82. The van der Waals surface area contributed by atoms with E-state index in [0.717, 1.165) is 0 Å². The molecule has 1 aromatic rings. The Bertz CT molecular complexity index is 315. The van der Waals surface area contributed by atoms with Gasteiger partial charge in [-0.3, -0.25) is 0 Å². The lowest BCUT2D eigenvalue weighted by molar-refractivity contribution is 0.684. The molecular formula is C12H15Cl. The van der Waals surface area contributed by atoms with Crippen molar-refractivity contribution in [2.75, 3.05) is 0 Å². The number of rotatable bonds is 1. The summed E-state index contributed by atoms with van der Waals surface area (Å²) in [7, 11) is 0. The fourth-order valence-electron chi connectivity index (χ4n) is 2.10. The minimum atomic E-state index is 0.652. The Balaban J connectivity index is 2.44. The molecule has 70 valence electrons. The van der Waals surface area contributed by atoms with Gasteiger partial charge in [0.05, 0.1) is 0 Å². The van der Waals surface area contributed by atoms with E-state index in [4.69, 9.17) is 11.6 Å². The van der Waals surface area contributed by atoms with Crippen LogP contribution in [0.1, 0.15) is 35.1 Å². The van der Waals surface area contributed by atoms with Gasteiger partial charge in [0.15, 0.2) is 0 Å². The molecule has 1 aromatic carbocycles. The Hall–Kier alpha value is -0.490. The summed E-state index contributed by atoms with van der Waals surface area (Å²) in [5.74, 6) is 0.652. The highest BCUT2D eigenvalue weighted by molar-refractivity contribution is 6.17. The van der Waals surface area contributed by atoms with Crippen molar-refractivity contribution in [3.8, 4) is 0 Å². The molecule has 0 N–H and O–H groups in total. The van der Waals surface area contributed by atoms with Crippen molar-refractivity contribution in [3.05, 3.63) is 34.4 Å². The first kappa shape index (κ1) is 9.08. The molecule has 0 aromatic heterocycles. The second kappa shape index (κ2) is 3.71. The molecule has 0 aliphatic heterocycles. The Morgan fingerprint density at radius 1 is 1.15 bits per heavy atom. The third kappa shape index (κ3) is 1.73. The summed E-state index contributed by atoms with van der Waals surface area (Å²) in [4.78, 5) is 0. The maximum absolute atomic E-state index is 5.87. The van der Waals surface area contributed by atoms with Gasteiger partial charge >= 0.3 is 0 Å². The molecule has 0 nitrogen and oxygen atoms in total. The van der Waals surface area contributed by atoms with Crippen LogP contribution in [0.3, 0.4) is 0 Å². The van der Waals surface area contributed by atoms with Crippen molar-refractivity contribution in [3.63, 3.8) is 0 Å². The van der Waals surface area contributed by atoms with Gasteiger partial charge in [-0.15, -0.1) is 11.6 Å². The van der Waals surface area contributed by atoms with Crippen LogP contribution in [0.5, 0.6) is 0 Å². The lowest BCUT2D eigenvalue weighted by Crippen LogP contribution is -2.04. The molecule has 0 radical (unpaired) electrons. The smallest absolute Gasteiger partial charge is 0.0476 e. The number of hydrogen-bond acceptors (Lipinski definition) is 0. The van der Waals surface area contributed by atoms with Gasteiger partial charge < -0.3 is 0 Å². The highest BCUT2D eigenvalue weighted by Gasteiger charge is 2.10. The largest absolute Gasteiger partial charge is 0.122 e. The maximum Gasteiger partial charge on any atom is 0.0476 e. The highest BCUT2D eigenvalue weighted by Crippen LogP contribution is 2.25. The Kier molecular flexibility index (Phi) is 2.59. The predicted octanol–water partition coefficient (Wildman–Crippen LogP) is 3.61. The van der Waals surface area contributed by atoms with Gasteiger partial charge in [0.25, 0.3) is 0 Å². The molecule has 1 heteroatoms. The van der Waals surface area contributed by atoms with E-state index in [1.165, 1.54) is 42.4 Å². The zero-order chi connectivity index (χ0) is 9.26. The van der Waals surface area contributed by atoms with Crippen molar-refractivity contribution in [2.24, 2.45) is 0 Å². The first-order valence-electron chi connectivity index (χ1n) is 4.98. The van der Waals surface area contributed by atoms with Gasteiger partial charge in [-0.2, -0.15) is 0 Å². The van der Waals surface area contributed by atoms with E-state index in [2.05, 4.69) is 19.1 Å². The van der Waals surface area contributed by atoms with Crippen molar-refractivity contribution < 1.29 is 0 Å². The minimum absolute atomic E-state index is 0.652. The van der Waals surface area contributed by atoms with E-state index in [1.54, 1.807) is 5.56 Å². The molecule has 0 fully saturated rings. The maximum atomic E-state index is 5.87. The highest BCUT2D eigenvalue weighted by atomic mass is 35.5. The first-order valence-corrected chi connectivity index (χ1v) is 5.52. The van der Waals surface area contributed by atoms with E-state index in [0.29, 0.717) is 5.88 Å². The molecule has 0 spiro atoms. The van der Waals surface area contributed by atoms with Gasteiger partial charge in [-0.1, -0.05) is 12.1 Å². The number of halogens is 1. The fourth-order valence-corrected chi connectivity index (χ4v) is 2.39. The van der Waals surface area contributed by atoms with Crippen molar-refractivity contribution in [1.82, 2.24) is 0 Å². The van der Waals surface area contributed by atoms with Crippen LogP contribution in [0.2, 0.25) is 0 Å². The summed E-state index contributed by atoms with van der Waals surface area (Å²) in [6.07, 6.45) is 5.21. The fraction of sp³-hybridized carbons (Fsp3) is 0.500. The SMILES string of the molecule is Cc1cc2c(cc1CCl)CCCC2. The molecule has 0 amide bonds.